The first kappa shape index (κ1) is 13.7. The first-order chi connectivity index (χ1) is 9.58. The highest BCUT2D eigenvalue weighted by atomic mass is 19.1. The van der Waals surface area contributed by atoms with Gasteiger partial charge in [0.2, 0.25) is 0 Å². The molecule has 102 valence electrons. The van der Waals surface area contributed by atoms with Gasteiger partial charge in [0.15, 0.2) is 5.69 Å². The number of fused-ring (bicyclic) bond motifs is 1. The standard InChI is InChI=1S/C14H13FN4O/c1-9(3-5-15)18-14(20)12-7-10-4-6-17-11(8-16)13(10)19(12)2/h4,6-7H,1,3,5H2,2H3,(H,18,20). The predicted molar refractivity (Wildman–Crippen MR) is 72.6 cm³/mol. The molecule has 0 aromatic carbocycles. The Hall–Kier alpha value is -2.68. The van der Waals surface area contributed by atoms with Crippen LogP contribution >= 0.6 is 0 Å². The molecule has 0 saturated carbocycles. The molecule has 0 radical (unpaired) electrons. The minimum atomic E-state index is -0.573. The van der Waals surface area contributed by atoms with Gasteiger partial charge in [0.05, 0.1) is 12.2 Å². The maximum Gasteiger partial charge on any atom is 0.272 e. The van der Waals surface area contributed by atoms with Gasteiger partial charge in [-0.25, -0.2) is 4.98 Å². The molecule has 5 nitrogen and oxygen atoms in total. The molecule has 0 aliphatic carbocycles. The Balaban J connectivity index is 2.41. The molecule has 2 aromatic rings. The lowest BCUT2D eigenvalue weighted by Gasteiger charge is -2.07. The van der Waals surface area contributed by atoms with Gasteiger partial charge in [-0.3, -0.25) is 9.18 Å². The summed E-state index contributed by atoms with van der Waals surface area (Å²) in [6.07, 6.45) is 1.60. The summed E-state index contributed by atoms with van der Waals surface area (Å²) in [5.74, 6) is -0.383. The van der Waals surface area contributed by atoms with Crippen molar-refractivity contribution in [1.82, 2.24) is 14.9 Å². The quantitative estimate of drug-likeness (QED) is 0.926. The fraction of sp³-hybridized carbons (Fsp3) is 0.214. The number of nitriles is 1. The van der Waals surface area contributed by atoms with Gasteiger partial charge in [0.25, 0.3) is 5.91 Å². The Labute approximate surface area is 115 Å². The van der Waals surface area contributed by atoms with E-state index in [1.807, 2.05) is 6.07 Å². The first-order valence-electron chi connectivity index (χ1n) is 5.98. The van der Waals surface area contributed by atoms with Crippen molar-refractivity contribution >= 4 is 16.8 Å². The van der Waals surface area contributed by atoms with Crippen LogP contribution < -0.4 is 5.32 Å². The zero-order valence-electron chi connectivity index (χ0n) is 11.0. The first-order valence-corrected chi connectivity index (χ1v) is 5.98. The highest BCUT2D eigenvalue weighted by molar-refractivity contribution is 6.00. The summed E-state index contributed by atoms with van der Waals surface area (Å²) in [5.41, 5.74) is 1.54. The summed E-state index contributed by atoms with van der Waals surface area (Å²) < 4.78 is 13.8. The van der Waals surface area contributed by atoms with Gasteiger partial charge < -0.3 is 9.88 Å². The molecular formula is C14H13FN4O. The highest BCUT2D eigenvalue weighted by Gasteiger charge is 2.16. The number of nitrogens with one attached hydrogen (secondary N) is 1. The maximum atomic E-state index is 12.2. The van der Waals surface area contributed by atoms with Crippen molar-refractivity contribution in [1.29, 1.82) is 5.26 Å². The predicted octanol–water partition coefficient (Wildman–Crippen LogP) is 2.05. The van der Waals surface area contributed by atoms with Crippen LogP contribution in [0.3, 0.4) is 0 Å². The van der Waals surface area contributed by atoms with E-state index in [-0.39, 0.29) is 18.0 Å². The van der Waals surface area contributed by atoms with Gasteiger partial charge in [0.1, 0.15) is 11.8 Å². The van der Waals surface area contributed by atoms with Gasteiger partial charge in [-0.2, -0.15) is 5.26 Å². The smallest absolute Gasteiger partial charge is 0.272 e. The lowest BCUT2D eigenvalue weighted by molar-refractivity contribution is 0.0957. The lowest BCUT2D eigenvalue weighted by Crippen LogP contribution is -2.24. The van der Waals surface area contributed by atoms with Gasteiger partial charge in [-0.05, 0) is 12.1 Å². The number of nitrogens with zero attached hydrogens (tertiary/aromatic N) is 3. The highest BCUT2D eigenvalue weighted by Crippen LogP contribution is 2.20. The second kappa shape index (κ2) is 5.53. The largest absolute Gasteiger partial charge is 0.337 e. The molecule has 2 heterocycles. The number of hydrogen-bond donors (Lipinski definition) is 1. The van der Waals surface area contributed by atoms with Crippen LogP contribution in [0.1, 0.15) is 22.6 Å². The van der Waals surface area contributed by atoms with E-state index in [0.29, 0.717) is 16.9 Å². The summed E-state index contributed by atoms with van der Waals surface area (Å²) in [5, 5.41) is 12.3. The Morgan fingerprint density at radius 2 is 2.40 bits per heavy atom. The number of alkyl halides is 1. The zero-order valence-corrected chi connectivity index (χ0v) is 11.0. The second-order valence-electron chi connectivity index (χ2n) is 4.29. The zero-order chi connectivity index (χ0) is 14.7. The number of pyridine rings is 1. The number of aryl methyl sites for hydroxylation is 1. The Bertz CT molecular complexity index is 727. The lowest BCUT2D eigenvalue weighted by atomic mass is 10.2. The number of hydrogen-bond acceptors (Lipinski definition) is 3. The van der Waals surface area contributed by atoms with Crippen LogP contribution in [0.4, 0.5) is 4.39 Å². The van der Waals surface area contributed by atoms with E-state index < -0.39 is 6.67 Å². The number of rotatable bonds is 4. The Morgan fingerprint density at radius 3 is 3.05 bits per heavy atom. The molecular weight excluding hydrogens is 259 g/mol. The van der Waals surface area contributed by atoms with Crippen molar-refractivity contribution in [3.05, 3.63) is 42.0 Å². The van der Waals surface area contributed by atoms with Crippen LogP contribution in [0, 0.1) is 11.3 Å². The van der Waals surface area contributed by atoms with Crippen molar-refractivity contribution in [3.8, 4) is 6.07 Å². The minimum absolute atomic E-state index is 0.0840. The second-order valence-corrected chi connectivity index (χ2v) is 4.29. The van der Waals surface area contributed by atoms with E-state index in [1.54, 1.807) is 23.7 Å². The van der Waals surface area contributed by atoms with Crippen LogP contribution in [0.5, 0.6) is 0 Å². The summed E-state index contributed by atoms with van der Waals surface area (Å²) >= 11 is 0. The molecule has 2 aromatic heterocycles. The number of halogens is 1. The van der Waals surface area contributed by atoms with Gasteiger partial charge in [-0.15, -0.1) is 0 Å². The Kier molecular flexibility index (Phi) is 3.80. The summed E-state index contributed by atoms with van der Waals surface area (Å²) in [4.78, 5) is 16.1. The average Bonchev–Trinajstić information content (AvgIpc) is 2.76. The van der Waals surface area contributed by atoms with E-state index in [1.165, 1.54) is 6.20 Å². The normalized spacial score (nSPS) is 10.2. The summed E-state index contributed by atoms with van der Waals surface area (Å²) in [7, 11) is 1.68. The SMILES string of the molecule is C=C(CCF)NC(=O)c1cc2ccnc(C#N)c2n1C. The molecule has 0 atom stereocenters. The number of allylic oxidation sites excluding steroid dienone is 1. The van der Waals surface area contributed by atoms with Crippen LogP contribution in [0.15, 0.2) is 30.6 Å². The molecule has 0 unspecified atom stereocenters. The van der Waals surface area contributed by atoms with Crippen molar-refractivity contribution in [2.24, 2.45) is 7.05 Å². The molecule has 0 aliphatic heterocycles. The van der Waals surface area contributed by atoms with Crippen molar-refractivity contribution in [2.45, 2.75) is 6.42 Å². The third kappa shape index (κ3) is 2.38. The number of amides is 1. The third-order valence-corrected chi connectivity index (χ3v) is 2.97. The van der Waals surface area contributed by atoms with E-state index in [0.717, 1.165) is 5.39 Å². The van der Waals surface area contributed by atoms with Crippen LogP contribution in [-0.2, 0) is 7.05 Å². The van der Waals surface area contributed by atoms with E-state index >= 15 is 0 Å². The minimum Gasteiger partial charge on any atom is -0.337 e. The fourth-order valence-corrected chi connectivity index (χ4v) is 2.00. The maximum absolute atomic E-state index is 12.2. The van der Waals surface area contributed by atoms with Gasteiger partial charge >= 0.3 is 0 Å². The molecule has 20 heavy (non-hydrogen) atoms. The molecule has 1 N–H and O–H groups in total. The van der Waals surface area contributed by atoms with Gasteiger partial charge in [-0.1, -0.05) is 6.58 Å². The van der Waals surface area contributed by atoms with Gasteiger partial charge in [0, 0.05) is 30.7 Å². The van der Waals surface area contributed by atoms with Crippen molar-refractivity contribution in [3.63, 3.8) is 0 Å². The fourth-order valence-electron chi connectivity index (χ4n) is 2.00. The summed E-state index contributed by atoms with van der Waals surface area (Å²) in [6.45, 7) is 3.01. The molecule has 1 amide bonds. The van der Waals surface area contributed by atoms with E-state index in [9.17, 15) is 9.18 Å². The molecule has 0 bridgehead atoms. The van der Waals surface area contributed by atoms with E-state index in [2.05, 4.69) is 16.9 Å². The molecule has 6 heteroatoms. The molecule has 2 rings (SSSR count). The van der Waals surface area contributed by atoms with Crippen LogP contribution in [-0.4, -0.2) is 22.1 Å². The third-order valence-electron chi connectivity index (χ3n) is 2.97. The molecule has 0 aliphatic rings. The number of carbonyl (C=O) groups excluding carboxylic acids is 1. The average molecular weight is 272 g/mol. The molecule has 0 fully saturated rings. The topological polar surface area (TPSA) is 70.7 Å². The number of aromatic nitrogens is 2. The number of carbonyl (C=O) groups is 1. The van der Waals surface area contributed by atoms with Crippen molar-refractivity contribution in [2.75, 3.05) is 6.67 Å². The van der Waals surface area contributed by atoms with Crippen LogP contribution in [0.2, 0.25) is 0 Å². The Morgan fingerprint density at radius 1 is 1.65 bits per heavy atom. The molecule has 0 saturated heterocycles. The van der Waals surface area contributed by atoms with Crippen molar-refractivity contribution < 1.29 is 9.18 Å². The van der Waals surface area contributed by atoms with E-state index in [4.69, 9.17) is 5.26 Å². The monoisotopic (exact) mass is 272 g/mol. The summed E-state index contributed by atoms with van der Waals surface area (Å²) in [6, 6.07) is 5.38. The molecule has 0 spiro atoms. The van der Waals surface area contributed by atoms with Crippen LogP contribution in [0.25, 0.3) is 10.9 Å².